The summed E-state index contributed by atoms with van der Waals surface area (Å²) in [6.45, 7) is 3.13. The molecule has 1 aromatic carbocycles. The number of likely N-dealkylation sites (N-methyl/N-ethyl adjacent to an activating group) is 1. The molecule has 6 nitrogen and oxygen atoms in total. The molecule has 0 fully saturated rings. The molecule has 0 bridgehead atoms. The second-order valence-corrected chi connectivity index (χ2v) is 5.01. The topological polar surface area (TPSA) is 75.4 Å². The Balaban J connectivity index is 2.32. The number of halogens is 1. The summed E-state index contributed by atoms with van der Waals surface area (Å²) in [5.41, 5.74) is 1.39. The van der Waals surface area contributed by atoms with Gasteiger partial charge in [-0.25, -0.2) is 13.9 Å². The van der Waals surface area contributed by atoms with Crippen LogP contribution in [0.5, 0.6) is 0 Å². The number of nitrogens with zero attached hydrogens (tertiary/aromatic N) is 3. The van der Waals surface area contributed by atoms with Crippen molar-refractivity contribution in [1.29, 1.82) is 0 Å². The molecule has 22 heavy (non-hydrogen) atoms. The Morgan fingerprint density at radius 2 is 1.91 bits per heavy atom. The van der Waals surface area contributed by atoms with Gasteiger partial charge in [-0.3, -0.25) is 4.79 Å². The molecule has 1 aromatic heterocycles. The summed E-state index contributed by atoms with van der Waals surface area (Å²) >= 11 is 0. The largest absolute Gasteiger partial charge is 0.480 e. The Bertz CT molecular complexity index is 709. The number of benzene rings is 1. The first-order valence-corrected chi connectivity index (χ1v) is 6.63. The normalized spacial score (nSPS) is 12.0. The van der Waals surface area contributed by atoms with Gasteiger partial charge < -0.3 is 10.0 Å². The number of carbonyl (C=O) groups excluding carboxylic acids is 1. The van der Waals surface area contributed by atoms with E-state index in [1.165, 1.54) is 30.8 Å². The van der Waals surface area contributed by atoms with Crippen LogP contribution in [-0.4, -0.2) is 44.8 Å². The van der Waals surface area contributed by atoms with E-state index in [2.05, 4.69) is 5.10 Å². The maximum atomic E-state index is 12.9. The SMILES string of the molecule is Cc1cn(-c2ccc(F)cc2)nc1C(=O)N(C)C(C)C(=O)O. The van der Waals surface area contributed by atoms with E-state index >= 15 is 0 Å². The van der Waals surface area contributed by atoms with Gasteiger partial charge in [-0.1, -0.05) is 0 Å². The summed E-state index contributed by atoms with van der Waals surface area (Å²) in [5.74, 6) is -1.93. The Morgan fingerprint density at radius 3 is 2.45 bits per heavy atom. The third-order valence-electron chi connectivity index (χ3n) is 3.45. The van der Waals surface area contributed by atoms with Crippen molar-refractivity contribution >= 4 is 11.9 Å². The van der Waals surface area contributed by atoms with Crippen molar-refractivity contribution in [2.75, 3.05) is 7.05 Å². The molecule has 116 valence electrons. The quantitative estimate of drug-likeness (QED) is 0.935. The van der Waals surface area contributed by atoms with Crippen LogP contribution in [0, 0.1) is 12.7 Å². The smallest absolute Gasteiger partial charge is 0.326 e. The van der Waals surface area contributed by atoms with Crippen LogP contribution >= 0.6 is 0 Å². The van der Waals surface area contributed by atoms with Crippen molar-refractivity contribution < 1.29 is 19.1 Å². The van der Waals surface area contributed by atoms with E-state index in [0.717, 1.165) is 4.90 Å². The molecule has 2 aromatic rings. The molecule has 1 atom stereocenters. The number of aromatic nitrogens is 2. The van der Waals surface area contributed by atoms with Crippen LogP contribution in [0.2, 0.25) is 0 Å². The van der Waals surface area contributed by atoms with E-state index in [-0.39, 0.29) is 11.5 Å². The van der Waals surface area contributed by atoms with Crippen molar-refractivity contribution in [3.05, 3.63) is 47.5 Å². The Hall–Kier alpha value is -2.70. The van der Waals surface area contributed by atoms with Gasteiger partial charge >= 0.3 is 5.97 Å². The predicted molar refractivity (Wildman–Crippen MR) is 77.5 cm³/mol. The highest BCUT2D eigenvalue weighted by molar-refractivity contribution is 5.95. The molecular weight excluding hydrogens is 289 g/mol. The molecule has 0 radical (unpaired) electrons. The van der Waals surface area contributed by atoms with Crippen molar-refractivity contribution in [3.63, 3.8) is 0 Å². The van der Waals surface area contributed by atoms with Gasteiger partial charge in [-0.05, 0) is 38.1 Å². The lowest BCUT2D eigenvalue weighted by atomic mass is 10.2. The van der Waals surface area contributed by atoms with Crippen LogP contribution in [0.25, 0.3) is 5.69 Å². The van der Waals surface area contributed by atoms with Crippen molar-refractivity contribution in [2.45, 2.75) is 19.9 Å². The number of hydrogen-bond donors (Lipinski definition) is 1. The molecule has 0 saturated heterocycles. The molecule has 0 saturated carbocycles. The zero-order valence-electron chi connectivity index (χ0n) is 12.4. The van der Waals surface area contributed by atoms with Crippen molar-refractivity contribution in [3.8, 4) is 5.69 Å². The van der Waals surface area contributed by atoms with Crippen LogP contribution in [0.1, 0.15) is 23.0 Å². The summed E-state index contributed by atoms with van der Waals surface area (Å²) in [6.07, 6.45) is 1.64. The molecule has 1 amide bonds. The first-order valence-electron chi connectivity index (χ1n) is 6.63. The maximum absolute atomic E-state index is 12.9. The molecule has 7 heteroatoms. The van der Waals surface area contributed by atoms with Gasteiger partial charge in [0.15, 0.2) is 5.69 Å². The number of aryl methyl sites for hydroxylation is 1. The lowest BCUT2D eigenvalue weighted by molar-refractivity contribution is -0.141. The van der Waals surface area contributed by atoms with Crippen molar-refractivity contribution in [1.82, 2.24) is 14.7 Å². The summed E-state index contributed by atoms with van der Waals surface area (Å²) in [6, 6.07) is 4.72. The van der Waals surface area contributed by atoms with Gasteiger partial charge in [0.25, 0.3) is 5.91 Å². The molecule has 0 aliphatic carbocycles. The van der Waals surface area contributed by atoms with Crippen LogP contribution < -0.4 is 0 Å². The summed E-state index contributed by atoms with van der Waals surface area (Å²) in [7, 11) is 1.41. The first kappa shape index (κ1) is 15.7. The van der Waals surface area contributed by atoms with E-state index in [1.54, 1.807) is 25.3 Å². The number of aliphatic carboxylic acids is 1. The number of carbonyl (C=O) groups is 2. The fourth-order valence-electron chi connectivity index (χ4n) is 1.91. The van der Waals surface area contributed by atoms with Gasteiger partial charge in [-0.2, -0.15) is 5.10 Å². The van der Waals surface area contributed by atoms with Crippen molar-refractivity contribution in [2.24, 2.45) is 0 Å². The molecule has 0 spiro atoms. The van der Waals surface area contributed by atoms with Gasteiger partial charge in [0.1, 0.15) is 11.9 Å². The number of carboxylic acid groups (broad SMARTS) is 1. The van der Waals surface area contributed by atoms with Gasteiger partial charge in [0.05, 0.1) is 5.69 Å². The fraction of sp³-hybridized carbons (Fsp3) is 0.267. The van der Waals surface area contributed by atoms with Gasteiger partial charge in [-0.15, -0.1) is 0 Å². The average molecular weight is 305 g/mol. The summed E-state index contributed by atoms with van der Waals surface area (Å²) < 4.78 is 14.4. The highest BCUT2D eigenvalue weighted by atomic mass is 19.1. The standard InChI is InChI=1S/C15H16FN3O3/c1-9-8-19(12-6-4-11(16)5-7-12)17-13(9)14(20)18(3)10(2)15(21)22/h4-8,10H,1-3H3,(H,21,22). The van der Waals surface area contributed by atoms with E-state index in [0.29, 0.717) is 11.3 Å². The lowest BCUT2D eigenvalue weighted by Gasteiger charge is -2.20. The summed E-state index contributed by atoms with van der Waals surface area (Å²) in [4.78, 5) is 24.4. The molecular formula is C15H16FN3O3. The number of hydrogen-bond acceptors (Lipinski definition) is 3. The Kier molecular flexibility index (Phi) is 4.25. The molecule has 0 aliphatic heterocycles. The Labute approximate surface area is 126 Å². The van der Waals surface area contributed by atoms with Crippen LogP contribution in [0.4, 0.5) is 4.39 Å². The lowest BCUT2D eigenvalue weighted by Crippen LogP contribution is -2.40. The summed E-state index contributed by atoms with van der Waals surface area (Å²) in [5, 5.41) is 13.2. The average Bonchev–Trinajstić information content (AvgIpc) is 2.87. The Morgan fingerprint density at radius 1 is 1.32 bits per heavy atom. The van der Waals surface area contributed by atoms with Gasteiger partial charge in [0.2, 0.25) is 0 Å². The predicted octanol–water partition coefficient (Wildman–Crippen LogP) is 1.86. The molecule has 1 N–H and O–H groups in total. The number of rotatable bonds is 4. The highest BCUT2D eigenvalue weighted by Crippen LogP contribution is 2.15. The maximum Gasteiger partial charge on any atom is 0.326 e. The molecule has 1 unspecified atom stereocenters. The third kappa shape index (κ3) is 2.98. The van der Waals surface area contributed by atoms with E-state index in [9.17, 15) is 14.0 Å². The minimum atomic E-state index is -1.09. The molecule has 2 rings (SSSR count). The van der Waals surface area contributed by atoms with E-state index in [1.807, 2.05) is 0 Å². The second-order valence-electron chi connectivity index (χ2n) is 5.01. The minimum Gasteiger partial charge on any atom is -0.480 e. The number of amides is 1. The molecule has 1 heterocycles. The van der Waals surface area contributed by atoms with Crippen LogP contribution in [0.15, 0.2) is 30.5 Å². The number of carboxylic acids is 1. The van der Waals surface area contributed by atoms with Gasteiger partial charge in [0, 0.05) is 18.8 Å². The minimum absolute atomic E-state index is 0.167. The fourth-order valence-corrected chi connectivity index (χ4v) is 1.91. The first-order chi connectivity index (χ1) is 10.3. The second kappa shape index (κ2) is 5.97. The van der Waals surface area contributed by atoms with E-state index < -0.39 is 17.9 Å². The van der Waals surface area contributed by atoms with Crippen LogP contribution in [0.3, 0.4) is 0 Å². The zero-order valence-corrected chi connectivity index (χ0v) is 12.4. The third-order valence-corrected chi connectivity index (χ3v) is 3.45. The molecule has 0 aliphatic rings. The zero-order chi connectivity index (χ0) is 16.4. The van der Waals surface area contributed by atoms with Crippen LogP contribution in [-0.2, 0) is 4.79 Å². The van der Waals surface area contributed by atoms with E-state index in [4.69, 9.17) is 5.11 Å². The highest BCUT2D eigenvalue weighted by Gasteiger charge is 2.26. The monoisotopic (exact) mass is 305 g/mol.